The van der Waals surface area contributed by atoms with Gasteiger partial charge in [-0.2, -0.15) is 0 Å². The maximum absolute atomic E-state index is 15.3. The second kappa shape index (κ2) is 17.8. The van der Waals surface area contributed by atoms with Crippen molar-refractivity contribution in [3.63, 3.8) is 0 Å². The van der Waals surface area contributed by atoms with Crippen LogP contribution in [0.5, 0.6) is 0 Å². The third-order valence-electron chi connectivity index (χ3n) is 5.22. The Kier molecular flexibility index (Phi) is 17.4. The van der Waals surface area contributed by atoms with E-state index in [0.29, 0.717) is 19.4 Å². The van der Waals surface area contributed by atoms with Crippen molar-refractivity contribution in [1.82, 2.24) is 0 Å². The highest BCUT2D eigenvalue weighted by atomic mass is 19.1. The average molecular weight is 373 g/mol. The highest BCUT2D eigenvalue weighted by Crippen LogP contribution is 2.31. The smallest absolute Gasteiger partial charge is 0.309 e. The summed E-state index contributed by atoms with van der Waals surface area (Å²) >= 11 is 0. The van der Waals surface area contributed by atoms with Crippen molar-refractivity contribution >= 4 is 5.97 Å². The molecule has 0 saturated heterocycles. The summed E-state index contributed by atoms with van der Waals surface area (Å²) in [6.07, 6.45) is 17.5. The van der Waals surface area contributed by atoms with Crippen LogP contribution in [0.3, 0.4) is 0 Å². The predicted octanol–water partition coefficient (Wildman–Crippen LogP) is 7.93. The van der Waals surface area contributed by atoms with Gasteiger partial charge in [0.25, 0.3) is 0 Å². The van der Waals surface area contributed by atoms with Crippen molar-refractivity contribution in [1.29, 1.82) is 0 Å². The molecule has 0 atom stereocenters. The lowest BCUT2D eigenvalue weighted by atomic mass is 9.88. The summed E-state index contributed by atoms with van der Waals surface area (Å²) < 4.78 is 20.3. The molecule has 26 heavy (non-hydrogen) atoms. The van der Waals surface area contributed by atoms with E-state index in [1.165, 1.54) is 64.2 Å². The van der Waals surface area contributed by atoms with Gasteiger partial charge in [-0.05, 0) is 19.8 Å². The molecule has 3 heteroatoms. The fourth-order valence-corrected chi connectivity index (χ4v) is 3.57. The van der Waals surface area contributed by atoms with Crippen LogP contribution in [0.25, 0.3) is 0 Å². The number of carbonyl (C=O) groups is 1. The molecule has 0 saturated carbocycles. The molecule has 0 radical (unpaired) electrons. The lowest BCUT2D eigenvalue weighted by molar-refractivity contribution is -0.146. The third kappa shape index (κ3) is 15.6. The maximum Gasteiger partial charge on any atom is 0.309 e. The minimum absolute atomic E-state index is 0.0630. The largest absolute Gasteiger partial charge is 0.466 e. The zero-order valence-electron chi connectivity index (χ0n) is 17.9. The van der Waals surface area contributed by atoms with Gasteiger partial charge >= 0.3 is 5.97 Å². The lowest BCUT2D eigenvalue weighted by Gasteiger charge is -2.24. The molecule has 0 fully saturated rings. The molecule has 0 N–H and O–H groups in total. The molecular weight excluding hydrogens is 327 g/mol. The molecule has 0 amide bonds. The fourth-order valence-electron chi connectivity index (χ4n) is 3.57. The zero-order valence-corrected chi connectivity index (χ0v) is 17.9. The van der Waals surface area contributed by atoms with Crippen LogP contribution in [-0.4, -0.2) is 18.2 Å². The zero-order chi connectivity index (χ0) is 19.5. The quantitative estimate of drug-likeness (QED) is 0.170. The van der Waals surface area contributed by atoms with E-state index in [0.717, 1.165) is 25.7 Å². The summed E-state index contributed by atoms with van der Waals surface area (Å²) in [5.74, 6) is -0.374. The van der Waals surface area contributed by atoms with Crippen molar-refractivity contribution in [2.24, 2.45) is 0 Å². The number of hydrogen-bond donors (Lipinski definition) is 0. The Morgan fingerprint density at radius 1 is 0.692 bits per heavy atom. The Morgan fingerprint density at radius 3 is 1.46 bits per heavy atom. The molecule has 2 nitrogen and oxygen atoms in total. The Balaban J connectivity index is 4.10. The number of unbranched alkanes of at least 4 members (excludes halogenated alkanes) is 12. The highest BCUT2D eigenvalue weighted by molar-refractivity contribution is 5.70. The monoisotopic (exact) mass is 372 g/mol. The van der Waals surface area contributed by atoms with Crippen LogP contribution in [0.4, 0.5) is 4.39 Å². The van der Waals surface area contributed by atoms with E-state index >= 15 is 4.39 Å². The lowest BCUT2D eigenvalue weighted by Crippen LogP contribution is -2.28. The van der Waals surface area contributed by atoms with Crippen LogP contribution in [0, 0.1) is 0 Å². The van der Waals surface area contributed by atoms with Gasteiger partial charge in [-0.15, -0.1) is 0 Å². The molecule has 156 valence electrons. The van der Waals surface area contributed by atoms with Gasteiger partial charge < -0.3 is 4.74 Å². The molecule has 0 bridgehead atoms. The van der Waals surface area contributed by atoms with E-state index < -0.39 is 5.67 Å². The van der Waals surface area contributed by atoms with Crippen LogP contribution < -0.4 is 0 Å². The van der Waals surface area contributed by atoms with Crippen LogP contribution in [0.2, 0.25) is 0 Å². The van der Waals surface area contributed by atoms with E-state index in [1.807, 2.05) is 0 Å². The van der Waals surface area contributed by atoms with Crippen LogP contribution in [-0.2, 0) is 9.53 Å². The highest BCUT2D eigenvalue weighted by Gasteiger charge is 2.32. The number of rotatable bonds is 19. The van der Waals surface area contributed by atoms with E-state index in [9.17, 15) is 4.79 Å². The minimum atomic E-state index is -1.36. The summed E-state index contributed by atoms with van der Waals surface area (Å²) in [7, 11) is 0. The van der Waals surface area contributed by atoms with Crippen molar-refractivity contribution in [3.05, 3.63) is 0 Å². The average Bonchev–Trinajstić information content (AvgIpc) is 2.60. The number of halogens is 1. The molecule has 0 rings (SSSR count). The minimum Gasteiger partial charge on any atom is -0.466 e. The van der Waals surface area contributed by atoms with Gasteiger partial charge in [0.15, 0.2) is 0 Å². The topological polar surface area (TPSA) is 26.3 Å². The summed E-state index contributed by atoms with van der Waals surface area (Å²) in [5.41, 5.74) is -1.36. The molecule has 0 aliphatic heterocycles. The molecule has 0 aromatic carbocycles. The molecule has 0 aromatic rings. The van der Waals surface area contributed by atoms with Crippen LogP contribution in [0.15, 0.2) is 0 Å². The standard InChI is InChI=1S/C23H45FO2/c1-4-7-9-11-13-15-17-19-23(24,21-22(25)26-6-3)20-18-16-14-12-10-8-5-2/h4-21H2,1-3H3. The van der Waals surface area contributed by atoms with Gasteiger partial charge in [-0.3, -0.25) is 4.79 Å². The van der Waals surface area contributed by atoms with Gasteiger partial charge in [0.2, 0.25) is 0 Å². The van der Waals surface area contributed by atoms with E-state index in [1.54, 1.807) is 6.92 Å². The number of ether oxygens (including phenoxy) is 1. The number of alkyl halides is 1. The Bertz CT molecular complexity index is 299. The fraction of sp³-hybridized carbons (Fsp3) is 0.957. The maximum atomic E-state index is 15.3. The second-order valence-electron chi connectivity index (χ2n) is 7.88. The third-order valence-corrected chi connectivity index (χ3v) is 5.22. The first-order chi connectivity index (χ1) is 12.6. The van der Waals surface area contributed by atoms with E-state index in [4.69, 9.17) is 4.74 Å². The first-order valence-corrected chi connectivity index (χ1v) is 11.4. The van der Waals surface area contributed by atoms with Gasteiger partial charge in [-0.25, -0.2) is 4.39 Å². The molecule has 0 unspecified atom stereocenters. The summed E-state index contributed by atoms with van der Waals surface area (Å²) in [6.45, 7) is 6.56. The first kappa shape index (κ1) is 25.4. The summed E-state index contributed by atoms with van der Waals surface area (Å²) in [5, 5.41) is 0. The number of carbonyl (C=O) groups excluding carboxylic acids is 1. The molecule has 0 heterocycles. The van der Waals surface area contributed by atoms with Crippen LogP contribution >= 0.6 is 0 Å². The predicted molar refractivity (Wildman–Crippen MR) is 110 cm³/mol. The molecule has 0 aromatic heterocycles. The van der Waals surface area contributed by atoms with E-state index in [2.05, 4.69) is 13.8 Å². The number of esters is 1. The van der Waals surface area contributed by atoms with Crippen molar-refractivity contribution in [2.45, 2.75) is 136 Å². The SMILES string of the molecule is CCCCCCCCCC(F)(CCCCCCCCC)CC(=O)OCC. The van der Waals surface area contributed by atoms with Crippen molar-refractivity contribution < 1.29 is 13.9 Å². The molecule has 0 spiro atoms. The summed E-state index contributed by atoms with van der Waals surface area (Å²) in [6, 6.07) is 0. The van der Waals surface area contributed by atoms with Crippen molar-refractivity contribution in [2.75, 3.05) is 6.61 Å². The van der Waals surface area contributed by atoms with Gasteiger partial charge in [0, 0.05) is 0 Å². The van der Waals surface area contributed by atoms with Gasteiger partial charge in [-0.1, -0.05) is 104 Å². The normalized spacial score (nSPS) is 11.7. The second-order valence-corrected chi connectivity index (χ2v) is 7.88. The first-order valence-electron chi connectivity index (χ1n) is 11.4. The van der Waals surface area contributed by atoms with Gasteiger partial charge in [0.05, 0.1) is 13.0 Å². The summed E-state index contributed by atoms with van der Waals surface area (Å²) in [4.78, 5) is 11.8. The molecule has 0 aliphatic carbocycles. The van der Waals surface area contributed by atoms with E-state index in [-0.39, 0.29) is 12.4 Å². The Hall–Kier alpha value is -0.600. The number of hydrogen-bond acceptors (Lipinski definition) is 2. The van der Waals surface area contributed by atoms with Crippen molar-refractivity contribution in [3.8, 4) is 0 Å². The molecular formula is C23H45FO2. The van der Waals surface area contributed by atoms with Gasteiger partial charge in [0.1, 0.15) is 5.67 Å². The Labute approximate surface area is 162 Å². The Morgan fingerprint density at radius 2 is 1.08 bits per heavy atom. The van der Waals surface area contributed by atoms with Crippen LogP contribution in [0.1, 0.15) is 130 Å². The molecule has 0 aliphatic rings.